The van der Waals surface area contributed by atoms with Crippen LogP contribution in [0.5, 0.6) is 0 Å². The summed E-state index contributed by atoms with van der Waals surface area (Å²) in [4.78, 5) is 56.9. The molecule has 1 aliphatic heterocycles. The molecule has 0 aliphatic carbocycles. The molecule has 168 valence electrons. The van der Waals surface area contributed by atoms with Crippen molar-refractivity contribution in [3.8, 4) is 0 Å². The van der Waals surface area contributed by atoms with Crippen LogP contribution in [0.15, 0.2) is 5.29 Å². The zero-order chi connectivity index (χ0) is 23.0. The smallest absolute Gasteiger partial charge is 0.305 e. The van der Waals surface area contributed by atoms with Gasteiger partial charge in [-0.25, -0.2) is 5.01 Å². The highest BCUT2D eigenvalue weighted by molar-refractivity contribution is 7.80. The van der Waals surface area contributed by atoms with Gasteiger partial charge in [-0.3, -0.25) is 19.2 Å². The second kappa shape index (κ2) is 11.3. The van der Waals surface area contributed by atoms with E-state index in [0.717, 1.165) is 32.7 Å². The molecule has 0 unspecified atom stereocenters. The molecule has 0 spiro atoms. The first kappa shape index (κ1) is 25.2. The first-order valence-corrected chi connectivity index (χ1v) is 9.05. The summed E-state index contributed by atoms with van der Waals surface area (Å²) in [5.74, 6) is -2.90. The normalized spacial score (nSPS) is 25.3. The Morgan fingerprint density at radius 1 is 0.967 bits per heavy atom. The van der Waals surface area contributed by atoms with Gasteiger partial charge in [0.15, 0.2) is 17.3 Å². The summed E-state index contributed by atoms with van der Waals surface area (Å²) in [6, 6.07) is -1.20. The highest BCUT2D eigenvalue weighted by atomic mass is 32.1. The summed E-state index contributed by atoms with van der Waals surface area (Å²) >= 11 is 5.04. The maximum Gasteiger partial charge on any atom is 0.305 e. The van der Waals surface area contributed by atoms with Crippen LogP contribution in [0, 0.1) is 4.91 Å². The first-order valence-electron chi connectivity index (χ1n) is 8.64. The Kier molecular flexibility index (Phi) is 9.52. The predicted octanol–water partition coefficient (Wildman–Crippen LogP) is -0.443. The highest BCUT2D eigenvalue weighted by Gasteiger charge is 2.52. The van der Waals surface area contributed by atoms with Crippen LogP contribution in [-0.2, 0) is 42.9 Å². The van der Waals surface area contributed by atoms with Gasteiger partial charge in [0.1, 0.15) is 18.8 Å². The van der Waals surface area contributed by atoms with E-state index in [1.807, 2.05) is 0 Å². The van der Waals surface area contributed by atoms with Crippen molar-refractivity contribution in [3.05, 3.63) is 4.91 Å². The van der Waals surface area contributed by atoms with Crippen molar-refractivity contribution < 1.29 is 42.9 Å². The molecule has 0 saturated carbocycles. The van der Waals surface area contributed by atoms with Gasteiger partial charge in [0.2, 0.25) is 6.29 Å². The fraction of sp³-hybridized carbons (Fsp3) is 0.688. The molecule has 14 heteroatoms. The van der Waals surface area contributed by atoms with E-state index in [-0.39, 0.29) is 5.11 Å². The number of carbonyl (C=O) groups excluding carboxylic acids is 4. The summed E-state index contributed by atoms with van der Waals surface area (Å²) in [5, 5.41) is 5.84. The van der Waals surface area contributed by atoms with E-state index in [1.165, 1.54) is 7.05 Å². The maximum absolute atomic E-state index is 11.7. The Balaban J connectivity index is 3.37. The van der Waals surface area contributed by atoms with E-state index in [9.17, 15) is 24.1 Å². The number of nitrogens with one attached hydrogen (secondary N) is 1. The maximum atomic E-state index is 11.7. The molecule has 0 aromatic carbocycles. The third-order valence-corrected chi connectivity index (χ3v) is 4.07. The van der Waals surface area contributed by atoms with Crippen LogP contribution in [0.1, 0.15) is 27.7 Å². The second-order valence-corrected chi connectivity index (χ2v) is 6.57. The molecule has 30 heavy (non-hydrogen) atoms. The molecule has 0 bridgehead atoms. The molecule has 1 N–H and O–H groups in total. The topological polar surface area (TPSA) is 159 Å². The standard InChI is InChI=1S/C16H23N3O10S/c1-7(20)25-6-11-13(26-8(2)21)14(27-9(3)22)12(15(29-11)28-10(4)23)17-16(30)19(5)18-24/h11-15H,6H2,1-5H3,(H,17,30)/t11-,12+,13-,14-,15-/m1/s1. The minimum atomic E-state index is -1.42. The van der Waals surface area contributed by atoms with Crippen molar-refractivity contribution in [1.82, 2.24) is 10.3 Å². The lowest BCUT2D eigenvalue weighted by Crippen LogP contribution is -2.67. The molecule has 0 radical (unpaired) electrons. The minimum Gasteiger partial charge on any atom is -0.463 e. The SMILES string of the molecule is CC(=O)OC[C@H]1O[C@@H](OC(C)=O)[C@@H](NC(=S)N(C)N=O)[C@@H](OC(C)=O)[C@@H]1OC(C)=O. The number of thiocarbonyl (C=S) groups is 1. The summed E-state index contributed by atoms with van der Waals surface area (Å²) < 4.78 is 26.3. The summed E-state index contributed by atoms with van der Waals surface area (Å²) in [5.41, 5.74) is 0. The number of nitrogens with zero attached hydrogens (tertiary/aromatic N) is 2. The van der Waals surface area contributed by atoms with Gasteiger partial charge in [-0.05, 0) is 12.2 Å². The van der Waals surface area contributed by atoms with E-state index >= 15 is 0 Å². The van der Waals surface area contributed by atoms with Gasteiger partial charge in [-0.15, -0.1) is 4.91 Å². The van der Waals surface area contributed by atoms with Crippen molar-refractivity contribution in [2.45, 2.75) is 58.3 Å². The number of hydrogen-bond acceptors (Lipinski definition) is 12. The second-order valence-electron chi connectivity index (χ2n) is 6.18. The molecule has 1 fully saturated rings. The lowest BCUT2D eigenvalue weighted by molar-refractivity contribution is -0.269. The van der Waals surface area contributed by atoms with Gasteiger partial charge < -0.3 is 29.0 Å². The molecular weight excluding hydrogens is 426 g/mol. The largest absolute Gasteiger partial charge is 0.463 e. The molecule has 0 aromatic rings. The quantitative estimate of drug-likeness (QED) is 0.175. The van der Waals surface area contributed by atoms with Crippen molar-refractivity contribution >= 4 is 41.2 Å². The van der Waals surface area contributed by atoms with E-state index in [2.05, 4.69) is 10.6 Å². The number of carbonyl (C=O) groups is 4. The van der Waals surface area contributed by atoms with E-state index in [4.69, 9.17) is 35.9 Å². The molecule has 5 atom stereocenters. The fourth-order valence-corrected chi connectivity index (χ4v) is 2.76. The zero-order valence-corrected chi connectivity index (χ0v) is 17.8. The third kappa shape index (κ3) is 7.51. The lowest BCUT2D eigenvalue weighted by atomic mass is 9.96. The number of hydrogen-bond donors (Lipinski definition) is 1. The van der Waals surface area contributed by atoms with Crippen molar-refractivity contribution in [2.24, 2.45) is 5.29 Å². The van der Waals surface area contributed by atoms with E-state index < -0.39 is 61.1 Å². The van der Waals surface area contributed by atoms with Crippen LogP contribution < -0.4 is 5.32 Å². The number of rotatable bonds is 7. The molecule has 0 aromatic heterocycles. The van der Waals surface area contributed by atoms with Crippen LogP contribution in [0.25, 0.3) is 0 Å². The molecule has 0 amide bonds. The van der Waals surface area contributed by atoms with Crippen LogP contribution >= 0.6 is 12.2 Å². The van der Waals surface area contributed by atoms with Gasteiger partial charge in [-0.2, -0.15) is 0 Å². The van der Waals surface area contributed by atoms with Gasteiger partial charge >= 0.3 is 23.9 Å². The number of ether oxygens (including phenoxy) is 5. The van der Waals surface area contributed by atoms with Crippen LogP contribution in [-0.4, -0.2) is 78.3 Å². The van der Waals surface area contributed by atoms with Gasteiger partial charge in [0, 0.05) is 34.7 Å². The monoisotopic (exact) mass is 449 g/mol. The molecule has 1 saturated heterocycles. The van der Waals surface area contributed by atoms with Gasteiger partial charge in [0.25, 0.3) is 0 Å². The van der Waals surface area contributed by atoms with Crippen molar-refractivity contribution in [1.29, 1.82) is 0 Å². The zero-order valence-electron chi connectivity index (χ0n) is 17.0. The number of esters is 4. The van der Waals surface area contributed by atoms with Crippen LogP contribution in [0.4, 0.5) is 0 Å². The van der Waals surface area contributed by atoms with Gasteiger partial charge in [0.05, 0.1) is 5.29 Å². The first-order chi connectivity index (χ1) is 14.0. The highest BCUT2D eigenvalue weighted by Crippen LogP contribution is 2.28. The fourth-order valence-electron chi connectivity index (χ4n) is 2.59. The molecular formula is C16H23N3O10S. The van der Waals surface area contributed by atoms with E-state index in [1.54, 1.807) is 0 Å². The minimum absolute atomic E-state index is 0.215. The van der Waals surface area contributed by atoms with Gasteiger partial charge in [-0.1, -0.05) is 0 Å². The Morgan fingerprint density at radius 3 is 1.97 bits per heavy atom. The number of nitroso groups, excluding NO2 is 1. The Hall–Kier alpha value is -2.87. The third-order valence-electron chi connectivity index (χ3n) is 3.69. The average Bonchev–Trinajstić information content (AvgIpc) is 2.62. The van der Waals surface area contributed by atoms with Crippen molar-refractivity contribution in [3.63, 3.8) is 0 Å². The van der Waals surface area contributed by atoms with Crippen molar-refractivity contribution in [2.75, 3.05) is 13.7 Å². The average molecular weight is 449 g/mol. The van der Waals surface area contributed by atoms with E-state index in [0.29, 0.717) is 0 Å². The molecule has 1 rings (SSSR count). The molecule has 1 aliphatic rings. The summed E-state index contributed by atoms with van der Waals surface area (Å²) in [7, 11) is 1.25. The Labute approximate surface area is 177 Å². The van der Waals surface area contributed by atoms with Crippen LogP contribution in [0.3, 0.4) is 0 Å². The summed E-state index contributed by atoms with van der Waals surface area (Å²) in [6.45, 7) is 4.09. The van der Waals surface area contributed by atoms with Crippen LogP contribution in [0.2, 0.25) is 0 Å². The predicted molar refractivity (Wildman–Crippen MR) is 101 cm³/mol. The summed E-state index contributed by atoms with van der Waals surface area (Å²) in [6.07, 6.45) is -5.15. The Morgan fingerprint density at radius 2 is 1.50 bits per heavy atom. The lowest BCUT2D eigenvalue weighted by Gasteiger charge is -2.44. The molecule has 1 heterocycles. The molecule has 13 nitrogen and oxygen atoms in total. The Bertz CT molecular complexity index is 703.